The van der Waals surface area contributed by atoms with Crippen LogP contribution in [0.15, 0.2) is 16.6 Å². The Hall–Kier alpha value is -0.200. The van der Waals surface area contributed by atoms with E-state index in [2.05, 4.69) is 39.1 Å². The topological polar surface area (TPSA) is 33.7 Å². The normalized spacial score (nSPS) is 16.0. The first kappa shape index (κ1) is 22.8. The molecule has 0 amide bonds. The van der Waals surface area contributed by atoms with E-state index in [9.17, 15) is 0 Å². The second kappa shape index (κ2) is 11.4. The van der Waals surface area contributed by atoms with Crippen molar-refractivity contribution >= 4 is 40.7 Å². The summed E-state index contributed by atoms with van der Waals surface area (Å²) >= 11 is 3.71. The third-order valence-corrected chi connectivity index (χ3v) is 4.70. The summed E-state index contributed by atoms with van der Waals surface area (Å²) in [4.78, 5) is 2.56. The lowest BCUT2D eigenvalue weighted by Crippen LogP contribution is -2.45. The highest BCUT2D eigenvalue weighted by molar-refractivity contribution is 9.10. The van der Waals surface area contributed by atoms with Crippen molar-refractivity contribution in [3.63, 3.8) is 0 Å². The molecule has 0 bridgehead atoms. The molecule has 0 aliphatic carbocycles. The standard InChI is InChI=1S/C16H25BrN2O2.2ClH/c1-4-5-14(19-8-6-18-7-9-19)12-10-15(20-2)16(21-3)11-13(12)17;;/h10-11,14,18H,4-9H2,1-3H3;2*1H/t14-;;/m1../s1. The quantitative estimate of drug-likeness (QED) is 0.739. The van der Waals surface area contributed by atoms with Crippen molar-refractivity contribution in [2.75, 3.05) is 40.4 Å². The Kier molecular flexibility index (Phi) is 11.3. The average Bonchev–Trinajstić information content (AvgIpc) is 2.53. The molecule has 2 rings (SSSR count). The molecule has 4 nitrogen and oxygen atoms in total. The molecule has 0 spiro atoms. The highest BCUT2D eigenvalue weighted by Crippen LogP contribution is 2.39. The number of nitrogens with one attached hydrogen (secondary N) is 1. The van der Waals surface area contributed by atoms with Gasteiger partial charge in [-0.05, 0) is 24.1 Å². The van der Waals surface area contributed by atoms with Crippen molar-refractivity contribution in [3.8, 4) is 11.5 Å². The molecule has 0 saturated carbocycles. The Morgan fingerprint density at radius 3 is 2.22 bits per heavy atom. The van der Waals surface area contributed by atoms with Gasteiger partial charge in [-0.15, -0.1) is 24.8 Å². The summed E-state index contributed by atoms with van der Waals surface area (Å²) in [6.07, 6.45) is 2.31. The van der Waals surface area contributed by atoms with Gasteiger partial charge >= 0.3 is 0 Å². The van der Waals surface area contributed by atoms with Crippen LogP contribution in [0.1, 0.15) is 31.4 Å². The van der Waals surface area contributed by atoms with E-state index in [0.717, 1.165) is 55.0 Å². The number of piperazine rings is 1. The molecule has 0 unspecified atom stereocenters. The first-order valence-corrected chi connectivity index (χ1v) is 8.36. The van der Waals surface area contributed by atoms with Crippen LogP contribution in [0, 0.1) is 0 Å². The molecule has 1 aliphatic heterocycles. The summed E-state index contributed by atoms with van der Waals surface area (Å²) in [5.74, 6) is 1.57. The first-order chi connectivity index (χ1) is 10.2. The number of benzene rings is 1. The summed E-state index contributed by atoms with van der Waals surface area (Å²) in [5, 5.41) is 3.42. The number of rotatable bonds is 6. The highest BCUT2D eigenvalue weighted by Gasteiger charge is 2.24. The Labute approximate surface area is 160 Å². The van der Waals surface area contributed by atoms with E-state index in [1.807, 2.05) is 6.07 Å². The summed E-state index contributed by atoms with van der Waals surface area (Å²) in [6.45, 7) is 6.54. The lowest BCUT2D eigenvalue weighted by Gasteiger charge is -2.36. The van der Waals surface area contributed by atoms with Crippen LogP contribution in [0.4, 0.5) is 0 Å². The van der Waals surface area contributed by atoms with E-state index >= 15 is 0 Å². The zero-order valence-corrected chi connectivity index (χ0v) is 17.2. The largest absolute Gasteiger partial charge is 0.493 e. The zero-order valence-electron chi connectivity index (χ0n) is 13.9. The minimum atomic E-state index is 0. The molecular formula is C16H27BrCl2N2O2. The average molecular weight is 430 g/mol. The van der Waals surface area contributed by atoms with Gasteiger partial charge in [-0.3, -0.25) is 4.90 Å². The van der Waals surface area contributed by atoms with Crippen molar-refractivity contribution < 1.29 is 9.47 Å². The smallest absolute Gasteiger partial charge is 0.161 e. The van der Waals surface area contributed by atoms with E-state index < -0.39 is 0 Å². The van der Waals surface area contributed by atoms with Gasteiger partial charge in [-0.1, -0.05) is 29.3 Å². The van der Waals surface area contributed by atoms with Crippen molar-refractivity contribution in [1.29, 1.82) is 0 Å². The van der Waals surface area contributed by atoms with Crippen LogP contribution in [0.2, 0.25) is 0 Å². The third-order valence-electron chi connectivity index (χ3n) is 4.02. The summed E-state index contributed by atoms with van der Waals surface area (Å²) < 4.78 is 11.9. The molecule has 1 aromatic carbocycles. The lowest BCUT2D eigenvalue weighted by molar-refractivity contribution is 0.164. The van der Waals surface area contributed by atoms with Gasteiger partial charge in [-0.25, -0.2) is 0 Å². The minimum absolute atomic E-state index is 0. The van der Waals surface area contributed by atoms with Gasteiger partial charge < -0.3 is 14.8 Å². The number of nitrogens with zero attached hydrogens (tertiary/aromatic N) is 1. The van der Waals surface area contributed by atoms with Gasteiger partial charge in [0, 0.05) is 36.7 Å². The Bertz CT molecular complexity index is 472. The summed E-state index contributed by atoms with van der Waals surface area (Å²) in [5.41, 5.74) is 1.29. The van der Waals surface area contributed by atoms with Crippen LogP contribution >= 0.6 is 40.7 Å². The van der Waals surface area contributed by atoms with Crippen LogP contribution in [-0.4, -0.2) is 45.3 Å². The molecule has 0 aromatic heterocycles. The molecule has 1 atom stereocenters. The van der Waals surface area contributed by atoms with Crippen LogP contribution in [0.3, 0.4) is 0 Å². The van der Waals surface area contributed by atoms with Gasteiger partial charge in [-0.2, -0.15) is 0 Å². The van der Waals surface area contributed by atoms with Crippen LogP contribution in [0.5, 0.6) is 11.5 Å². The molecule has 134 valence electrons. The number of halogens is 3. The molecule has 23 heavy (non-hydrogen) atoms. The SMILES string of the molecule is CCC[C@H](c1cc(OC)c(OC)cc1Br)N1CCNCC1.Cl.Cl. The third kappa shape index (κ3) is 5.68. The molecule has 1 fully saturated rings. The fourth-order valence-electron chi connectivity index (χ4n) is 2.93. The Morgan fingerprint density at radius 2 is 1.70 bits per heavy atom. The number of hydrogen-bond acceptors (Lipinski definition) is 4. The molecule has 1 aromatic rings. The molecule has 1 saturated heterocycles. The van der Waals surface area contributed by atoms with E-state index in [-0.39, 0.29) is 24.8 Å². The Balaban J connectivity index is 0.00000242. The maximum Gasteiger partial charge on any atom is 0.161 e. The van der Waals surface area contributed by atoms with Gasteiger partial charge in [0.1, 0.15) is 0 Å². The van der Waals surface area contributed by atoms with E-state index in [0.29, 0.717) is 6.04 Å². The second-order valence-corrected chi connectivity index (χ2v) is 6.17. The number of ether oxygens (including phenoxy) is 2. The van der Waals surface area contributed by atoms with Gasteiger partial charge in [0.05, 0.1) is 14.2 Å². The number of hydrogen-bond donors (Lipinski definition) is 1. The lowest BCUT2D eigenvalue weighted by atomic mass is 9.99. The van der Waals surface area contributed by atoms with Crippen molar-refractivity contribution in [1.82, 2.24) is 10.2 Å². The molecular weight excluding hydrogens is 403 g/mol. The maximum atomic E-state index is 5.47. The van der Waals surface area contributed by atoms with Crippen LogP contribution in [0.25, 0.3) is 0 Å². The predicted octanol–water partition coefficient (Wildman–Crippen LogP) is 4.06. The highest BCUT2D eigenvalue weighted by atomic mass is 79.9. The molecule has 1 N–H and O–H groups in total. The summed E-state index contributed by atoms with van der Waals surface area (Å²) in [7, 11) is 3.36. The van der Waals surface area contributed by atoms with Gasteiger partial charge in [0.25, 0.3) is 0 Å². The van der Waals surface area contributed by atoms with E-state index in [1.54, 1.807) is 14.2 Å². The fraction of sp³-hybridized carbons (Fsp3) is 0.625. The van der Waals surface area contributed by atoms with E-state index in [1.165, 1.54) is 5.56 Å². The predicted molar refractivity (Wildman–Crippen MR) is 104 cm³/mol. The van der Waals surface area contributed by atoms with E-state index in [4.69, 9.17) is 9.47 Å². The van der Waals surface area contributed by atoms with Gasteiger partial charge in [0.2, 0.25) is 0 Å². The minimum Gasteiger partial charge on any atom is -0.493 e. The van der Waals surface area contributed by atoms with Crippen molar-refractivity contribution in [2.24, 2.45) is 0 Å². The molecule has 1 heterocycles. The first-order valence-electron chi connectivity index (χ1n) is 7.57. The summed E-state index contributed by atoms with van der Waals surface area (Å²) in [6, 6.07) is 4.55. The van der Waals surface area contributed by atoms with Crippen molar-refractivity contribution in [2.45, 2.75) is 25.8 Å². The van der Waals surface area contributed by atoms with Gasteiger partial charge in [0.15, 0.2) is 11.5 Å². The van der Waals surface area contributed by atoms with Crippen molar-refractivity contribution in [3.05, 3.63) is 22.2 Å². The maximum absolute atomic E-state index is 5.47. The fourth-order valence-corrected chi connectivity index (χ4v) is 3.51. The Morgan fingerprint density at radius 1 is 1.13 bits per heavy atom. The molecule has 0 radical (unpaired) electrons. The molecule has 7 heteroatoms. The number of methoxy groups -OCH3 is 2. The zero-order chi connectivity index (χ0) is 15.2. The monoisotopic (exact) mass is 428 g/mol. The second-order valence-electron chi connectivity index (χ2n) is 5.32. The van der Waals surface area contributed by atoms with Crippen LogP contribution < -0.4 is 14.8 Å². The molecule has 1 aliphatic rings. The van der Waals surface area contributed by atoms with Crippen LogP contribution in [-0.2, 0) is 0 Å².